The molecule has 0 aromatic heterocycles. The monoisotopic (exact) mass is 348 g/mol. The van der Waals surface area contributed by atoms with Gasteiger partial charge in [-0.3, -0.25) is 4.72 Å². The maximum absolute atomic E-state index is 13.7. The Labute approximate surface area is 131 Å². The summed E-state index contributed by atoms with van der Waals surface area (Å²) >= 11 is 11.8. The second-order valence-electron chi connectivity index (χ2n) is 4.35. The molecule has 2 rings (SSSR count). The third-order valence-electron chi connectivity index (χ3n) is 2.75. The van der Waals surface area contributed by atoms with Gasteiger partial charge in [-0.1, -0.05) is 35.3 Å². The van der Waals surface area contributed by atoms with Crippen LogP contribution in [0, 0.1) is 12.7 Å². The first-order chi connectivity index (χ1) is 9.72. The molecule has 0 aliphatic rings. The molecule has 0 fully saturated rings. The average molecular weight is 349 g/mol. The van der Waals surface area contributed by atoms with Gasteiger partial charge in [0.15, 0.2) is 0 Å². The Hall–Kier alpha value is -1.50. The van der Waals surface area contributed by atoms with E-state index in [1.165, 1.54) is 18.2 Å². The van der Waals surface area contributed by atoms with Crippen LogP contribution in [0.3, 0.4) is 0 Å². The number of nitrogens with two attached hydrogens (primary N) is 1. The van der Waals surface area contributed by atoms with Crippen LogP contribution in [-0.2, 0) is 10.0 Å². The van der Waals surface area contributed by atoms with Gasteiger partial charge in [-0.25, -0.2) is 12.8 Å². The first kappa shape index (κ1) is 15.9. The van der Waals surface area contributed by atoms with Crippen molar-refractivity contribution in [3.8, 4) is 0 Å². The number of benzene rings is 2. The molecule has 0 saturated carbocycles. The predicted molar refractivity (Wildman–Crippen MR) is 82.8 cm³/mol. The van der Waals surface area contributed by atoms with Gasteiger partial charge in [0.05, 0.1) is 15.7 Å². The minimum Gasteiger partial charge on any atom is -0.399 e. The first-order valence-corrected chi connectivity index (χ1v) is 7.99. The average Bonchev–Trinajstić information content (AvgIpc) is 2.32. The van der Waals surface area contributed by atoms with Crippen LogP contribution in [-0.4, -0.2) is 8.42 Å². The summed E-state index contributed by atoms with van der Waals surface area (Å²) in [6, 6.07) is 6.72. The highest BCUT2D eigenvalue weighted by Gasteiger charge is 2.24. The van der Waals surface area contributed by atoms with Crippen molar-refractivity contribution in [2.75, 3.05) is 10.5 Å². The van der Waals surface area contributed by atoms with Gasteiger partial charge >= 0.3 is 0 Å². The summed E-state index contributed by atoms with van der Waals surface area (Å²) in [5.41, 5.74) is 6.04. The Morgan fingerprint density at radius 1 is 1.19 bits per heavy atom. The Balaban J connectivity index is 2.54. The molecule has 8 heteroatoms. The highest BCUT2D eigenvalue weighted by molar-refractivity contribution is 7.93. The summed E-state index contributed by atoms with van der Waals surface area (Å²) in [6.45, 7) is 1.58. The van der Waals surface area contributed by atoms with E-state index in [0.29, 0.717) is 5.56 Å². The standard InChI is InChI=1S/C13H11Cl2FN2O2S/c1-7-3-2-4-11(16)12(7)18-21(19,20)13-9(14)5-8(17)6-10(13)15/h2-6,18H,17H2,1H3. The summed E-state index contributed by atoms with van der Waals surface area (Å²) in [6.07, 6.45) is 0. The van der Waals surface area contributed by atoms with Crippen LogP contribution >= 0.6 is 23.2 Å². The van der Waals surface area contributed by atoms with Crippen molar-refractivity contribution in [1.82, 2.24) is 0 Å². The molecule has 3 N–H and O–H groups in total. The van der Waals surface area contributed by atoms with Crippen LogP contribution in [0.1, 0.15) is 5.56 Å². The number of nitrogens with one attached hydrogen (secondary N) is 1. The van der Waals surface area contributed by atoms with Crippen molar-refractivity contribution >= 4 is 44.6 Å². The quantitative estimate of drug-likeness (QED) is 0.828. The molecular weight excluding hydrogens is 338 g/mol. The molecule has 112 valence electrons. The van der Waals surface area contributed by atoms with Crippen molar-refractivity contribution in [2.24, 2.45) is 0 Å². The maximum atomic E-state index is 13.7. The molecular formula is C13H11Cl2FN2O2S. The molecule has 0 aliphatic heterocycles. The molecule has 0 unspecified atom stereocenters. The number of aryl methyl sites for hydroxylation is 1. The lowest BCUT2D eigenvalue weighted by atomic mass is 10.2. The second kappa shape index (κ2) is 5.71. The molecule has 2 aromatic rings. The molecule has 0 heterocycles. The summed E-state index contributed by atoms with van der Waals surface area (Å²) in [5.74, 6) is -0.693. The van der Waals surface area contributed by atoms with Crippen LogP contribution in [0.4, 0.5) is 15.8 Å². The van der Waals surface area contributed by atoms with Gasteiger partial charge in [-0.2, -0.15) is 0 Å². The Kier molecular flexibility index (Phi) is 4.32. The minimum atomic E-state index is -4.15. The molecule has 0 amide bonds. The zero-order valence-electron chi connectivity index (χ0n) is 10.8. The predicted octanol–water partition coefficient (Wildman–Crippen LogP) is 3.82. The lowest BCUT2D eigenvalue weighted by Gasteiger charge is -2.14. The number of para-hydroxylation sites is 1. The number of sulfonamides is 1. The van der Waals surface area contributed by atoms with Crippen molar-refractivity contribution in [1.29, 1.82) is 0 Å². The first-order valence-electron chi connectivity index (χ1n) is 5.75. The van der Waals surface area contributed by atoms with Gasteiger partial charge in [0.2, 0.25) is 0 Å². The fourth-order valence-electron chi connectivity index (χ4n) is 1.78. The lowest BCUT2D eigenvalue weighted by molar-refractivity contribution is 0.598. The third-order valence-corrected chi connectivity index (χ3v) is 5.02. The van der Waals surface area contributed by atoms with E-state index in [-0.39, 0.29) is 26.3 Å². The van der Waals surface area contributed by atoms with Gasteiger partial charge in [-0.15, -0.1) is 0 Å². The summed E-state index contributed by atoms with van der Waals surface area (Å²) < 4.78 is 40.7. The third kappa shape index (κ3) is 3.23. The maximum Gasteiger partial charge on any atom is 0.264 e. The van der Waals surface area contributed by atoms with Gasteiger partial charge in [-0.05, 0) is 30.7 Å². The van der Waals surface area contributed by atoms with Crippen LogP contribution in [0.5, 0.6) is 0 Å². The summed E-state index contributed by atoms with van der Waals surface area (Å²) in [4.78, 5) is -0.345. The van der Waals surface area contributed by atoms with E-state index in [1.54, 1.807) is 13.0 Å². The largest absolute Gasteiger partial charge is 0.399 e. The van der Waals surface area contributed by atoms with E-state index in [1.807, 2.05) is 0 Å². The van der Waals surface area contributed by atoms with E-state index in [4.69, 9.17) is 28.9 Å². The van der Waals surface area contributed by atoms with Gasteiger partial charge in [0, 0.05) is 5.69 Å². The number of nitrogen functional groups attached to an aromatic ring is 1. The van der Waals surface area contributed by atoms with Gasteiger partial charge in [0.1, 0.15) is 10.7 Å². The SMILES string of the molecule is Cc1cccc(F)c1NS(=O)(=O)c1c(Cl)cc(N)cc1Cl. The molecule has 0 saturated heterocycles. The normalized spacial score (nSPS) is 11.4. The lowest BCUT2D eigenvalue weighted by Crippen LogP contribution is -2.16. The van der Waals surface area contributed by atoms with Crippen molar-refractivity contribution in [3.63, 3.8) is 0 Å². The van der Waals surface area contributed by atoms with Crippen LogP contribution < -0.4 is 10.5 Å². The molecule has 0 atom stereocenters. The minimum absolute atomic E-state index is 0.138. The number of halogens is 3. The molecule has 21 heavy (non-hydrogen) atoms. The smallest absolute Gasteiger partial charge is 0.264 e. The summed E-state index contributed by atoms with van der Waals surface area (Å²) in [5, 5.41) is -0.275. The fraction of sp³-hybridized carbons (Fsp3) is 0.0769. The fourth-order valence-corrected chi connectivity index (χ4v) is 4.16. The van der Waals surface area contributed by atoms with Gasteiger partial charge < -0.3 is 5.73 Å². The number of rotatable bonds is 3. The van der Waals surface area contributed by atoms with Crippen molar-refractivity contribution in [2.45, 2.75) is 11.8 Å². The van der Waals surface area contributed by atoms with E-state index in [9.17, 15) is 12.8 Å². The number of hydrogen-bond donors (Lipinski definition) is 2. The molecule has 0 bridgehead atoms. The molecule has 2 aromatic carbocycles. The Morgan fingerprint density at radius 2 is 1.76 bits per heavy atom. The topological polar surface area (TPSA) is 72.2 Å². The molecule has 0 spiro atoms. The van der Waals surface area contributed by atoms with E-state index in [2.05, 4.69) is 4.72 Å². The van der Waals surface area contributed by atoms with E-state index >= 15 is 0 Å². The van der Waals surface area contributed by atoms with E-state index < -0.39 is 15.8 Å². The van der Waals surface area contributed by atoms with Gasteiger partial charge in [0.25, 0.3) is 10.0 Å². The highest BCUT2D eigenvalue weighted by Crippen LogP contribution is 2.33. The van der Waals surface area contributed by atoms with Crippen LogP contribution in [0.2, 0.25) is 10.0 Å². The number of hydrogen-bond acceptors (Lipinski definition) is 3. The van der Waals surface area contributed by atoms with Crippen LogP contribution in [0.15, 0.2) is 35.2 Å². The van der Waals surface area contributed by atoms with Crippen molar-refractivity contribution < 1.29 is 12.8 Å². The van der Waals surface area contributed by atoms with Crippen molar-refractivity contribution in [3.05, 3.63) is 51.8 Å². The van der Waals surface area contributed by atoms with E-state index in [0.717, 1.165) is 6.07 Å². The Bertz CT molecular complexity index is 767. The summed E-state index contributed by atoms with van der Waals surface area (Å²) in [7, 11) is -4.15. The highest BCUT2D eigenvalue weighted by atomic mass is 35.5. The van der Waals surface area contributed by atoms with Crippen LogP contribution in [0.25, 0.3) is 0 Å². The second-order valence-corrected chi connectivity index (χ2v) is 6.78. The molecule has 4 nitrogen and oxygen atoms in total. The Morgan fingerprint density at radius 3 is 2.29 bits per heavy atom. The zero-order valence-corrected chi connectivity index (χ0v) is 13.2. The molecule has 0 aliphatic carbocycles. The zero-order chi connectivity index (χ0) is 15.8. The number of anilines is 2. The molecule has 0 radical (unpaired) electrons.